The highest BCUT2D eigenvalue weighted by molar-refractivity contribution is 7.09. The van der Waals surface area contributed by atoms with Crippen molar-refractivity contribution in [1.29, 1.82) is 0 Å². The maximum Gasteiger partial charge on any atom is 0.0897 e. The molecule has 2 N–H and O–H groups in total. The monoisotopic (exact) mass is 240 g/mol. The Balaban J connectivity index is 2.10. The van der Waals surface area contributed by atoms with Crippen molar-refractivity contribution in [1.82, 2.24) is 10.3 Å². The second kappa shape index (κ2) is 4.82. The molecular formula is C12H20N2OS. The Labute approximate surface area is 101 Å². The van der Waals surface area contributed by atoms with Crippen molar-refractivity contribution in [3.63, 3.8) is 0 Å². The highest BCUT2D eigenvalue weighted by Gasteiger charge is 2.38. The first-order valence-electron chi connectivity index (χ1n) is 5.98. The maximum absolute atomic E-state index is 10.7. The predicted octanol–water partition coefficient (Wildman–Crippen LogP) is 1.74. The van der Waals surface area contributed by atoms with Crippen LogP contribution >= 0.6 is 11.3 Å². The normalized spacial score (nSPS) is 30.6. The molecule has 2 atom stereocenters. The van der Waals surface area contributed by atoms with Crippen LogP contribution in [-0.4, -0.2) is 28.8 Å². The molecule has 0 spiro atoms. The second-order valence-electron chi connectivity index (χ2n) is 4.70. The smallest absolute Gasteiger partial charge is 0.0897 e. The molecule has 1 aromatic heterocycles. The van der Waals surface area contributed by atoms with Gasteiger partial charge in [-0.15, -0.1) is 11.3 Å². The van der Waals surface area contributed by atoms with Gasteiger partial charge in [0.1, 0.15) is 0 Å². The van der Waals surface area contributed by atoms with Crippen molar-refractivity contribution in [2.24, 2.45) is 5.92 Å². The Morgan fingerprint density at radius 1 is 1.69 bits per heavy atom. The lowest BCUT2D eigenvalue weighted by Crippen LogP contribution is -2.51. The molecule has 0 saturated carbocycles. The van der Waals surface area contributed by atoms with Gasteiger partial charge in [-0.1, -0.05) is 6.92 Å². The van der Waals surface area contributed by atoms with Gasteiger partial charge < -0.3 is 10.4 Å². The summed E-state index contributed by atoms with van der Waals surface area (Å²) in [4.78, 5) is 4.46. The van der Waals surface area contributed by atoms with Crippen molar-refractivity contribution in [3.05, 3.63) is 16.1 Å². The van der Waals surface area contributed by atoms with Gasteiger partial charge in [-0.25, -0.2) is 4.98 Å². The van der Waals surface area contributed by atoms with Crippen LogP contribution in [0, 0.1) is 12.8 Å². The molecule has 2 unspecified atom stereocenters. The number of aryl methyl sites for hydroxylation is 1. The van der Waals surface area contributed by atoms with Gasteiger partial charge in [0.05, 0.1) is 16.3 Å². The van der Waals surface area contributed by atoms with Crippen LogP contribution in [0.1, 0.15) is 30.5 Å². The number of hydrogen-bond acceptors (Lipinski definition) is 4. The van der Waals surface area contributed by atoms with E-state index in [1.807, 2.05) is 6.92 Å². The summed E-state index contributed by atoms with van der Waals surface area (Å²) < 4.78 is 0. The minimum Gasteiger partial charge on any atom is -0.389 e. The van der Waals surface area contributed by atoms with Crippen LogP contribution in [-0.2, 0) is 6.42 Å². The Bertz CT molecular complexity index is 353. The minimum atomic E-state index is -0.555. The molecule has 16 heavy (non-hydrogen) atoms. The van der Waals surface area contributed by atoms with E-state index in [4.69, 9.17) is 0 Å². The zero-order valence-corrected chi connectivity index (χ0v) is 10.8. The van der Waals surface area contributed by atoms with E-state index < -0.39 is 5.60 Å². The molecule has 0 aliphatic carbocycles. The molecule has 1 fully saturated rings. The van der Waals surface area contributed by atoms with Crippen LogP contribution < -0.4 is 5.32 Å². The first-order chi connectivity index (χ1) is 7.64. The molecule has 0 bridgehead atoms. The molecule has 90 valence electrons. The molecule has 2 rings (SSSR count). The Kier molecular flexibility index (Phi) is 3.62. The summed E-state index contributed by atoms with van der Waals surface area (Å²) in [5, 5.41) is 17.2. The van der Waals surface area contributed by atoms with E-state index in [0.717, 1.165) is 36.6 Å². The highest BCUT2D eigenvalue weighted by atomic mass is 32.1. The summed E-state index contributed by atoms with van der Waals surface area (Å²) in [5.41, 5.74) is 0.492. The van der Waals surface area contributed by atoms with Crippen molar-refractivity contribution < 1.29 is 5.11 Å². The third kappa shape index (κ3) is 2.44. The Morgan fingerprint density at radius 3 is 3.12 bits per heavy atom. The number of rotatable bonds is 3. The van der Waals surface area contributed by atoms with E-state index in [9.17, 15) is 5.11 Å². The molecule has 4 heteroatoms. The number of nitrogens with zero attached hydrogens (tertiary/aromatic N) is 1. The van der Waals surface area contributed by atoms with Crippen molar-refractivity contribution in [2.75, 3.05) is 13.1 Å². The topological polar surface area (TPSA) is 45.1 Å². The molecule has 0 radical (unpaired) electrons. The molecule has 1 saturated heterocycles. The van der Waals surface area contributed by atoms with Crippen LogP contribution in [0.15, 0.2) is 5.38 Å². The van der Waals surface area contributed by atoms with Gasteiger partial charge in [-0.3, -0.25) is 0 Å². The minimum absolute atomic E-state index is 0.350. The van der Waals surface area contributed by atoms with Crippen LogP contribution in [0.4, 0.5) is 0 Å². The van der Waals surface area contributed by atoms with Gasteiger partial charge in [0.2, 0.25) is 0 Å². The number of aliphatic hydroxyl groups is 1. The van der Waals surface area contributed by atoms with E-state index in [0.29, 0.717) is 12.3 Å². The van der Waals surface area contributed by atoms with Gasteiger partial charge in [0.15, 0.2) is 0 Å². The molecule has 0 aromatic carbocycles. The standard InChI is InChI=1S/C12H20N2OS/c1-3-10-7-13-5-4-12(10,15)6-11-8-16-9(2)14-11/h8,10,13,15H,3-7H2,1-2H3. The van der Waals surface area contributed by atoms with Gasteiger partial charge in [0.25, 0.3) is 0 Å². The van der Waals surface area contributed by atoms with Crippen LogP contribution in [0.25, 0.3) is 0 Å². The largest absolute Gasteiger partial charge is 0.389 e. The van der Waals surface area contributed by atoms with Crippen LogP contribution in [0.2, 0.25) is 0 Å². The van der Waals surface area contributed by atoms with E-state index in [2.05, 4.69) is 22.6 Å². The zero-order valence-electron chi connectivity index (χ0n) is 9.99. The van der Waals surface area contributed by atoms with E-state index >= 15 is 0 Å². The van der Waals surface area contributed by atoms with Gasteiger partial charge in [-0.05, 0) is 26.3 Å². The molecular weight excluding hydrogens is 220 g/mol. The Morgan fingerprint density at radius 2 is 2.50 bits per heavy atom. The van der Waals surface area contributed by atoms with E-state index in [1.54, 1.807) is 11.3 Å². The lowest BCUT2D eigenvalue weighted by Gasteiger charge is -2.39. The third-order valence-corrected chi connectivity index (χ3v) is 4.35. The summed E-state index contributed by atoms with van der Waals surface area (Å²) in [6, 6.07) is 0. The fourth-order valence-corrected chi connectivity index (χ4v) is 3.15. The maximum atomic E-state index is 10.7. The number of hydrogen-bond donors (Lipinski definition) is 2. The first kappa shape index (κ1) is 12.0. The van der Waals surface area contributed by atoms with Crippen LogP contribution in [0.5, 0.6) is 0 Å². The zero-order chi connectivity index (χ0) is 11.6. The highest BCUT2D eigenvalue weighted by Crippen LogP contribution is 2.30. The van der Waals surface area contributed by atoms with Crippen molar-refractivity contribution in [2.45, 2.75) is 38.7 Å². The van der Waals surface area contributed by atoms with E-state index in [-0.39, 0.29) is 0 Å². The predicted molar refractivity (Wildman–Crippen MR) is 66.8 cm³/mol. The summed E-state index contributed by atoms with van der Waals surface area (Å²) in [7, 11) is 0. The van der Waals surface area contributed by atoms with Gasteiger partial charge >= 0.3 is 0 Å². The van der Waals surface area contributed by atoms with Crippen molar-refractivity contribution in [3.8, 4) is 0 Å². The fraction of sp³-hybridized carbons (Fsp3) is 0.750. The fourth-order valence-electron chi connectivity index (χ4n) is 2.54. The van der Waals surface area contributed by atoms with Crippen molar-refractivity contribution >= 4 is 11.3 Å². The summed E-state index contributed by atoms with van der Waals surface area (Å²) in [6.07, 6.45) is 2.56. The summed E-state index contributed by atoms with van der Waals surface area (Å²) in [5.74, 6) is 0.350. The molecule has 2 heterocycles. The quantitative estimate of drug-likeness (QED) is 0.846. The number of nitrogens with one attached hydrogen (secondary N) is 1. The number of thiazole rings is 1. The molecule has 3 nitrogen and oxygen atoms in total. The summed E-state index contributed by atoms with van der Waals surface area (Å²) >= 11 is 1.66. The average Bonchev–Trinajstić information content (AvgIpc) is 2.64. The Hall–Kier alpha value is -0.450. The average molecular weight is 240 g/mol. The third-order valence-electron chi connectivity index (χ3n) is 3.53. The van der Waals surface area contributed by atoms with Crippen LogP contribution in [0.3, 0.4) is 0 Å². The molecule has 1 aliphatic rings. The molecule has 1 aliphatic heterocycles. The lowest BCUT2D eigenvalue weighted by molar-refractivity contribution is -0.0420. The second-order valence-corrected chi connectivity index (χ2v) is 5.76. The first-order valence-corrected chi connectivity index (χ1v) is 6.86. The molecule has 0 amide bonds. The number of aromatic nitrogens is 1. The lowest BCUT2D eigenvalue weighted by atomic mass is 9.77. The van der Waals surface area contributed by atoms with Gasteiger partial charge in [0, 0.05) is 24.3 Å². The molecule has 1 aromatic rings. The SMILES string of the molecule is CCC1CNCCC1(O)Cc1csc(C)n1. The number of piperidine rings is 1. The summed E-state index contributed by atoms with van der Waals surface area (Å²) in [6.45, 7) is 6.00. The van der Waals surface area contributed by atoms with E-state index in [1.165, 1.54) is 0 Å². The van der Waals surface area contributed by atoms with Gasteiger partial charge in [-0.2, -0.15) is 0 Å².